The minimum absolute atomic E-state index is 0.339. The first-order chi connectivity index (χ1) is 11.3. The van der Waals surface area contributed by atoms with Crippen LogP contribution in [0.2, 0.25) is 0 Å². The number of rotatable bonds is 4. The molecule has 0 spiro atoms. The molecule has 2 fully saturated rings. The first-order valence-electron chi connectivity index (χ1n) is 9.15. The number of fused-ring (bicyclic) bond motifs is 1. The van der Waals surface area contributed by atoms with E-state index in [0.717, 1.165) is 23.7 Å². The summed E-state index contributed by atoms with van der Waals surface area (Å²) in [5, 5.41) is 12.2. The van der Waals surface area contributed by atoms with Gasteiger partial charge in [-0.15, -0.1) is 0 Å². The molecule has 0 saturated heterocycles. The molecule has 1 aromatic carbocycles. The Labute approximate surface area is 138 Å². The van der Waals surface area contributed by atoms with Crippen LogP contribution in [0.4, 0.5) is 0 Å². The van der Waals surface area contributed by atoms with Gasteiger partial charge in [-0.2, -0.15) is 5.10 Å². The maximum atomic E-state index is 6.38. The molecule has 23 heavy (non-hydrogen) atoms. The summed E-state index contributed by atoms with van der Waals surface area (Å²) in [4.78, 5) is 0. The summed E-state index contributed by atoms with van der Waals surface area (Å²) in [6.07, 6.45) is 12.6. The van der Waals surface area contributed by atoms with E-state index in [-0.39, 0.29) is 0 Å². The zero-order valence-corrected chi connectivity index (χ0v) is 14.0. The lowest BCUT2D eigenvalue weighted by Crippen LogP contribution is -2.42. The number of aryl methyl sites for hydroxylation is 1. The smallest absolute Gasteiger partial charge is 0.123 e. The van der Waals surface area contributed by atoms with Crippen molar-refractivity contribution in [1.29, 1.82) is 0 Å². The Hall–Kier alpha value is -1.55. The van der Waals surface area contributed by atoms with Crippen LogP contribution in [-0.2, 0) is 0 Å². The number of hydrogen-bond donors (Lipinski definition) is 2. The van der Waals surface area contributed by atoms with Crippen LogP contribution < -0.4 is 10.1 Å². The average Bonchev–Trinajstić information content (AvgIpc) is 3.22. The number of aromatic nitrogens is 2. The Kier molecular flexibility index (Phi) is 4.25. The monoisotopic (exact) mass is 313 g/mol. The molecule has 2 aliphatic carbocycles. The van der Waals surface area contributed by atoms with Crippen LogP contribution in [0, 0.1) is 6.92 Å². The molecule has 2 saturated carbocycles. The quantitative estimate of drug-likeness (QED) is 0.893. The van der Waals surface area contributed by atoms with Crippen LogP contribution in [0.3, 0.4) is 0 Å². The number of nitrogens with one attached hydrogen (secondary N) is 2. The van der Waals surface area contributed by atoms with Crippen molar-refractivity contribution in [2.75, 3.05) is 0 Å². The Morgan fingerprint density at radius 3 is 2.78 bits per heavy atom. The van der Waals surface area contributed by atoms with Crippen LogP contribution in [0.25, 0.3) is 10.9 Å². The number of H-pyrrole nitrogens is 1. The SMILES string of the molecule is Cc1c(O[C@H]2CCC[C@@H](NC3CCCC3)C2)ccc2[nH]ncc12. The lowest BCUT2D eigenvalue weighted by molar-refractivity contribution is 0.130. The number of nitrogens with zero attached hydrogens (tertiary/aromatic N) is 1. The van der Waals surface area contributed by atoms with Gasteiger partial charge in [0.05, 0.1) is 11.7 Å². The fraction of sp³-hybridized carbons (Fsp3) is 0.632. The molecule has 124 valence electrons. The molecule has 1 aromatic heterocycles. The van der Waals surface area contributed by atoms with Gasteiger partial charge in [-0.1, -0.05) is 12.8 Å². The summed E-state index contributed by atoms with van der Waals surface area (Å²) in [5.41, 5.74) is 2.28. The molecular formula is C19H27N3O. The van der Waals surface area contributed by atoms with E-state index in [2.05, 4.69) is 34.6 Å². The first-order valence-corrected chi connectivity index (χ1v) is 9.15. The Balaban J connectivity index is 1.41. The van der Waals surface area contributed by atoms with Gasteiger partial charge in [0.2, 0.25) is 0 Å². The Morgan fingerprint density at radius 2 is 1.91 bits per heavy atom. The summed E-state index contributed by atoms with van der Waals surface area (Å²) in [6, 6.07) is 5.54. The van der Waals surface area contributed by atoms with E-state index < -0.39 is 0 Å². The van der Waals surface area contributed by atoms with Gasteiger partial charge in [0.1, 0.15) is 11.9 Å². The molecule has 0 unspecified atom stereocenters. The van der Waals surface area contributed by atoms with Gasteiger partial charge in [0.15, 0.2) is 0 Å². The molecule has 0 radical (unpaired) electrons. The molecule has 4 rings (SSSR count). The summed E-state index contributed by atoms with van der Waals surface area (Å²) in [7, 11) is 0. The van der Waals surface area contributed by atoms with Crippen molar-refractivity contribution in [2.24, 2.45) is 0 Å². The van der Waals surface area contributed by atoms with E-state index >= 15 is 0 Å². The number of ether oxygens (including phenoxy) is 1. The fourth-order valence-electron chi connectivity index (χ4n) is 4.28. The topological polar surface area (TPSA) is 49.9 Å². The number of aromatic amines is 1. The highest BCUT2D eigenvalue weighted by Gasteiger charge is 2.26. The molecule has 0 aliphatic heterocycles. The lowest BCUT2D eigenvalue weighted by Gasteiger charge is -2.32. The van der Waals surface area contributed by atoms with Gasteiger partial charge in [-0.25, -0.2) is 0 Å². The second-order valence-corrected chi connectivity index (χ2v) is 7.27. The van der Waals surface area contributed by atoms with E-state index in [4.69, 9.17) is 4.74 Å². The van der Waals surface area contributed by atoms with Crippen molar-refractivity contribution in [2.45, 2.75) is 76.5 Å². The van der Waals surface area contributed by atoms with Crippen LogP contribution >= 0.6 is 0 Å². The molecule has 1 heterocycles. The summed E-state index contributed by atoms with van der Waals surface area (Å²) >= 11 is 0. The zero-order valence-electron chi connectivity index (χ0n) is 14.0. The molecular weight excluding hydrogens is 286 g/mol. The molecule has 4 heteroatoms. The molecule has 0 bridgehead atoms. The van der Waals surface area contributed by atoms with E-state index in [1.54, 1.807) is 0 Å². The second kappa shape index (κ2) is 6.52. The largest absolute Gasteiger partial charge is 0.490 e. The van der Waals surface area contributed by atoms with Crippen molar-refractivity contribution >= 4 is 10.9 Å². The third-order valence-electron chi connectivity index (χ3n) is 5.59. The van der Waals surface area contributed by atoms with Crippen molar-refractivity contribution in [3.05, 3.63) is 23.9 Å². The van der Waals surface area contributed by atoms with Crippen LogP contribution in [-0.4, -0.2) is 28.4 Å². The van der Waals surface area contributed by atoms with Crippen molar-refractivity contribution < 1.29 is 4.74 Å². The molecule has 0 amide bonds. The molecule has 2 aromatic rings. The van der Waals surface area contributed by atoms with Crippen molar-refractivity contribution in [3.8, 4) is 5.75 Å². The average molecular weight is 313 g/mol. The molecule has 4 nitrogen and oxygen atoms in total. The number of hydrogen-bond acceptors (Lipinski definition) is 3. The van der Waals surface area contributed by atoms with Gasteiger partial charge in [-0.3, -0.25) is 5.10 Å². The van der Waals surface area contributed by atoms with E-state index in [0.29, 0.717) is 12.1 Å². The van der Waals surface area contributed by atoms with Gasteiger partial charge in [0.25, 0.3) is 0 Å². The number of benzene rings is 1. The summed E-state index contributed by atoms with van der Waals surface area (Å²) < 4.78 is 6.38. The summed E-state index contributed by atoms with van der Waals surface area (Å²) in [5.74, 6) is 1.02. The van der Waals surface area contributed by atoms with Crippen LogP contribution in [0.15, 0.2) is 18.3 Å². The standard InChI is InChI=1S/C19H27N3O/c1-13-17-12-20-22-18(17)9-10-19(13)23-16-8-4-7-15(11-16)21-14-5-2-3-6-14/h9-10,12,14-16,21H,2-8,11H2,1H3,(H,20,22)/t15-,16+/m1/s1. The highest BCUT2D eigenvalue weighted by Crippen LogP contribution is 2.30. The predicted octanol–water partition coefficient (Wildman–Crippen LogP) is 4.09. The molecule has 2 N–H and O–H groups in total. The third-order valence-corrected chi connectivity index (χ3v) is 5.59. The normalized spacial score (nSPS) is 26.0. The van der Waals surface area contributed by atoms with Crippen molar-refractivity contribution in [1.82, 2.24) is 15.5 Å². The predicted molar refractivity (Wildman–Crippen MR) is 92.9 cm³/mol. The lowest BCUT2D eigenvalue weighted by atomic mass is 9.92. The third kappa shape index (κ3) is 3.23. The Bertz CT molecular complexity index is 660. The maximum Gasteiger partial charge on any atom is 0.123 e. The van der Waals surface area contributed by atoms with E-state index in [9.17, 15) is 0 Å². The molecule has 2 aliphatic rings. The maximum absolute atomic E-state index is 6.38. The van der Waals surface area contributed by atoms with Gasteiger partial charge in [-0.05, 0) is 57.6 Å². The van der Waals surface area contributed by atoms with E-state index in [1.807, 2.05) is 6.20 Å². The molecule has 2 atom stereocenters. The minimum Gasteiger partial charge on any atom is -0.490 e. The first kappa shape index (κ1) is 15.0. The fourth-order valence-corrected chi connectivity index (χ4v) is 4.28. The van der Waals surface area contributed by atoms with E-state index in [1.165, 1.54) is 55.9 Å². The van der Waals surface area contributed by atoms with Crippen LogP contribution in [0.1, 0.15) is 56.9 Å². The zero-order chi connectivity index (χ0) is 15.6. The second-order valence-electron chi connectivity index (χ2n) is 7.27. The van der Waals surface area contributed by atoms with Crippen molar-refractivity contribution in [3.63, 3.8) is 0 Å². The van der Waals surface area contributed by atoms with Crippen LogP contribution in [0.5, 0.6) is 5.75 Å². The minimum atomic E-state index is 0.339. The van der Waals surface area contributed by atoms with Gasteiger partial charge < -0.3 is 10.1 Å². The summed E-state index contributed by atoms with van der Waals surface area (Å²) in [6.45, 7) is 2.13. The Morgan fingerprint density at radius 1 is 1.09 bits per heavy atom. The van der Waals surface area contributed by atoms with Gasteiger partial charge in [0, 0.05) is 23.0 Å². The van der Waals surface area contributed by atoms with Gasteiger partial charge >= 0.3 is 0 Å². The highest BCUT2D eigenvalue weighted by molar-refractivity contribution is 5.83. The highest BCUT2D eigenvalue weighted by atomic mass is 16.5.